The number of ether oxygens (including phenoxy) is 2. The van der Waals surface area contributed by atoms with Gasteiger partial charge in [-0.3, -0.25) is 4.98 Å². The van der Waals surface area contributed by atoms with E-state index in [1.54, 1.807) is 14.2 Å². The number of piperidine rings is 1. The highest BCUT2D eigenvalue weighted by molar-refractivity contribution is 5.92. The molecule has 0 aromatic carbocycles. The molecule has 0 spiro atoms. The molecule has 3 aliphatic rings. The summed E-state index contributed by atoms with van der Waals surface area (Å²) < 4.78 is 11.0. The molecule has 0 unspecified atom stereocenters. The number of methoxy groups -OCH3 is 2. The SMILES string of the molecule is COc1cc2nc3c(c(NC4CCN(C5CCCCC5)CC4)c2nc1OC)CCC3. The molecule has 162 valence electrons. The minimum Gasteiger partial charge on any atom is -0.491 e. The molecule has 2 fully saturated rings. The maximum absolute atomic E-state index is 5.49. The van der Waals surface area contributed by atoms with E-state index in [-0.39, 0.29) is 0 Å². The van der Waals surface area contributed by atoms with Gasteiger partial charge in [0.25, 0.3) is 5.88 Å². The van der Waals surface area contributed by atoms with Crippen LogP contribution in [0.4, 0.5) is 5.69 Å². The predicted octanol–water partition coefficient (Wildman–Crippen LogP) is 4.34. The Bertz CT molecular complexity index is 902. The van der Waals surface area contributed by atoms with E-state index in [2.05, 4.69) is 10.2 Å². The van der Waals surface area contributed by atoms with E-state index in [0.29, 0.717) is 17.7 Å². The van der Waals surface area contributed by atoms with Crippen LogP contribution in [0, 0.1) is 0 Å². The van der Waals surface area contributed by atoms with E-state index >= 15 is 0 Å². The summed E-state index contributed by atoms with van der Waals surface area (Å²) in [5.74, 6) is 1.17. The highest BCUT2D eigenvalue weighted by atomic mass is 16.5. The third-order valence-corrected chi connectivity index (χ3v) is 7.30. The van der Waals surface area contributed by atoms with Gasteiger partial charge in [0.05, 0.1) is 25.4 Å². The van der Waals surface area contributed by atoms with Crippen LogP contribution >= 0.6 is 0 Å². The smallest absolute Gasteiger partial charge is 0.257 e. The Labute approximate surface area is 179 Å². The molecule has 2 aliphatic carbocycles. The minimum atomic E-state index is 0.495. The molecular weight excluding hydrogens is 376 g/mol. The Morgan fingerprint density at radius 2 is 1.73 bits per heavy atom. The van der Waals surface area contributed by atoms with Crippen molar-refractivity contribution in [3.8, 4) is 11.6 Å². The first-order valence-corrected chi connectivity index (χ1v) is 11.7. The second-order valence-corrected chi connectivity index (χ2v) is 9.08. The van der Waals surface area contributed by atoms with E-state index in [1.165, 1.54) is 81.4 Å². The molecule has 2 aromatic heterocycles. The molecule has 3 heterocycles. The van der Waals surface area contributed by atoms with Crippen LogP contribution in [0.2, 0.25) is 0 Å². The molecule has 30 heavy (non-hydrogen) atoms. The van der Waals surface area contributed by atoms with Gasteiger partial charge in [-0.2, -0.15) is 0 Å². The number of aryl methyl sites for hydroxylation is 1. The van der Waals surface area contributed by atoms with Gasteiger partial charge in [0, 0.05) is 36.9 Å². The van der Waals surface area contributed by atoms with Crippen LogP contribution in [-0.2, 0) is 12.8 Å². The molecule has 0 amide bonds. The maximum Gasteiger partial charge on any atom is 0.257 e. The van der Waals surface area contributed by atoms with Gasteiger partial charge in [0.1, 0.15) is 5.52 Å². The summed E-state index contributed by atoms with van der Waals surface area (Å²) in [5, 5.41) is 3.91. The van der Waals surface area contributed by atoms with Gasteiger partial charge < -0.3 is 19.7 Å². The van der Waals surface area contributed by atoms with Crippen molar-refractivity contribution in [3.05, 3.63) is 17.3 Å². The van der Waals surface area contributed by atoms with Gasteiger partial charge in [-0.25, -0.2) is 4.98 Å². The molecule has 1 aliphatic heterocycles. The number of nitrogens with one attached hydrogen (secondary N) is 1. The van der Waals surface area contributed by atoms with Gasteiger partial charge in [0.15, 0.2) is 5.75 Å². The van der Waals surface area contributed by atoms with Gasteiger partial charge in [0.2, 0.25) is 0 Å². The summed E-state index contributed by atoms with van der Waals surface area (Å²) in [6.07, 6.45) is 12.7. The second kappa shape index (κ2) is 8.58. The zero-order chi connectivity index (χ0) is 20.5. The Hall–Kier alpha value is -2.08. The van der Waals surface area contributed by atoms with E-state index in [1.807, 2.05) is 6.07 Å². The first-order chi connectivity index (χ1) is 14.8. The van der Waals surface area contributed by atoms with Gasteiger partial charge in [-0.05, 0) is 50.5 Å². The first-order valence-electron chi connectivity index (χ1n) is 11.7. The second-order valence-electron chi connectivity index (χ2n) is 9.08. The topological polar surface area (TPSA) is 59.5 Å². The van der Waals surface area contributed by atoms with Crippen LogP contribution in [-0.4, -0.2) is 54.3 Å². The van der Waals surface area contributed by atoms with Crippen LogP contribution in [0.3, 0.4) is 0 Å². The monoisotopic (exact) mass is 410 g/mol. The van der Waals surface area contributed by atoms with Crippen LogP contribution in [0.5, 0.6) is 11.6 Å². The Balaban J connectivity index is 1.40. The molecule has 0 radical (unpaired) electrons. The normalized spacial score (nSPS) is 21.0. The molecule has 1 saturated carbocycles. The van der Waals surface area contributed by atoms with Crippen LogP contribution in [0.15, 0.2) is 6.07 Å². The molecule has 0 atom stereocenters. The number of pyridine rings is 2. The largest absolute Gasteiger partial charge is 0.491 e. The summed E-state index contributed by atoms with van der Waals surface area (Å²) in [5.41, 5.74) is 5.58. The fourth-order valence-electron chi connectivity index (χ4n) is 5.65. The van der Waals surface area contributed by atoms with Crippen molar-refractivity contribution >= 4 is 16.7 Å². The van der Waals surface area contributed by atoms with E-state index in [9.17, 15) is 0 Å². The molecule has 6 nitrogen and oxygen atoms in total. The van der Waals surface area contributed by atoms with Gasteiger partial charge in [-0.15, -0.1) is 0 Å². The van der Waals surface area contributed by atoms with Gasteiger partial charge in [-0.1, -0.05) is 19.3 Å². The zero-order valence-electron chi connectivity index (χ0n) is 18.4. The molecule has 6 heteroatoms. The standard InChI is InChI=1S/C24H34N4O2/c1-29-21-15-20-23(27-24(21)30-2)22(18-9-6-10-19(18)26-20)25-16-11-13-28(14-12-16)17-7-4-3-5-8-17/h15-17H,3-14H2,1-2H3,(H,25,26). The van der Waals surface area contributed by atoms with Crippen LogP contribution in [0.25, 0.3) is 11.0 Å². The van der Waals surface area contributed by atoms with Crippen molar-refractivity contribution < 1.29 is 9.47 Å². The molecule has 5 rings (SSSR count). The number of rotatable bonds is 5. The highest BCUT2D eigenvalue weighted by Gasteiger charge is 2.28. The molecule has 1 N–H and O–H groups in total. The van der Waals surface area contributed by atoms with Crippen molar-refractivity contribution in [2.75, 3.05) is 32.6 Å². The number of hydrogen-bond acceptors (Lipinski definition) is 6. The Kier molecular flexibility index (Phi) is 5.68. The molecule has 1 saturated heterocycles. The number of aromatic nitrogens is 2. The number of anilines is 1. The number of hydrogen-bond donors (Lipinski definition) is 1. The zero-order valence-corrected chi connectivity index (χ0v) is 18.4. The molecular formula is C24H34N4O2. The third-order valence-electron chi connectivity index (χ3n) is 7.30. The lowest BCUT2D eigenvalue weighted by Crippen LogP contribution is -2.45. The van der Waals surface area contributed by atoms with Crippen molar-refractivity contribution in [2.45, 2.75) is 76.3 Å². The lowest BCUT2D eigenvalue weighted by atomic mass is 9.92. The van der Waals surface area contributed by atoms with Crippen LogP contribution in [0.1, 0.15) is 62.6 Å². The predicted molar refractivity (Wildman–Crippen MR) is 120 cm³/mol. The Morgan fingerprint density at radius 1 is 0.933 bits per heavy atom. The number of likely N-dealkylation sites (tertiary alicyclic amines) is 1. The number of fused-ring (bicyclic) bond motifs is 2. The van der Waals surface area contributed by atoms with Crippen molar-refractivity contribution in [2.24, 2.45) is 0 Å². The summed E-state index contributed by atoms with van der Waals surface area (Å²) >= 11 is 0. The fraction of sp³-hybridized carbons (Fsp3) is 0.667. The molecule has 0 bridgehead atoms. The van der Waals surface area contributed by atoms with E-state index in [4.69, 9.17) is 19.4 Å². The molecule has 2 aromatic rings. The van der Waals surface area contributed by atoms with Crippen molar-refractivity contribution in [1.82, 2.24) is 14.9 Å². The quantitative estimate of drug-likeness (QED) is 0.791. The fourth-order valence-corrected chi connectivity index (χ4v) is 5.65. The third kappa shape index (κ3) is 3.70. The maximum atomic E-state index is 5.49. The summed E-state index contributed by atoms with van der Waals surface area (Å²) in [6, 6.07) is 3.29. The van der Waals surface area contributed by atoms with Crippen molar-refractivity contribution in [3.63, 3.8) is 0 Å². The van der Waals surface area contributed by atoms with Crippen molar-refractivity contribution in [1.29, 1.82) is 0 Å². The summed E-state index contributed by atoms with van der Waals surface area (Å²) in [6.45, 7) is 2.41. The summed E-state index contributed by atoms with van der Waals surface area (Å²) in [4.78, 5) is 12.5. The minimum absolute atomic E-state index is 0.495. The average molecular weight is 411 g/mol. The average Bonchev–Trinajstić information content (AvgIpc) is 3.27. The highest BCUT2D eigenvalue weighted by Crippen LogP contribution is 2.38. The lowest BCUT2D eigenvalue weighted by Gasteiger charge is -2.39. The summed E-state index contributed by atoms with van der Waals surface area (Å²) in [7, 11) is 3.30. The van der Waals surface area contributed by atoms with Gasteiger partial charge >= 0.3 is 0 Å². The van der Waals surface area contributed by atoms with E-state index in [0.717, 1.165) is 29.9 Å². The first kappa shape index (κ1) is 19.9. The number of nitrogens with zero attached hydrogens (tertiary/aromatic N) is 3. The van der Waals surface area contributed by atoms with E-state index < -0.39 is 0 Å². The Morgan fingerprint density at radius 3 is 2.47 bits per heavy atom. The lowest BCUT2D eigenvalue weighted by molar-refractivity contribution is 0.126. The van der Waals surface area contributed by atoms with Crippen LogP contribution < -0.4 is 14.8 Å².